The summed E-state index contributed by atoms with van der Waals surface area (Å²) in [6.45, 7) is 11.8. The van der Waals surface area contributed by atoms with Crippen LogP contribution in [-0.2, 0) is 14.2 Å². The van der Waals surface area contributed by atoms with Crippen LogP contribution in [0.5, 0.6) is 0 Å². The molecule has 7 heteroatoms. The molecule has 2 N–H and O–H groups in total. The number of amides is 1. The summed E-state index contributed by atoms with van der Waals surface area (Å²) >= 11 is 0. The van der Waals surface area contributed by atoms with Crippen LogP contribution in [0.15, 0.2) is 12.2 Å². The molecule has 5 aliphatic rings. The fraction of sp³-hybridized carbons (Fsp3) is 0.897. The number of nitrogens with zero attached hydrogens (tertiary/aromatic N) is 1. The van der Waals surface area contributed by atoms with Crippen LogP contribution in [0.3, 0.4) is 0 Å². The van der Waals surface area contributed by atoms with Crippen LogP contribution in [0.25, 0.3) is 0 Å². The van der Waals surface area contributed by atoms with E-state index in [2.05, 4.69) is 33.8 Å². The average molecular weight is 506 g/mol. The van der Waals surface area contributed by atoms with Crippen molar-refractivity contribution in [3.05, 3.63) is 12.2 Å². The van der Waals surface area contributed by atoms with Gasteiger partial charge in [0, 0.05) is 23.8 Å². The minimum Gasteiger partial charge on any atom is -0.446 e. The third-order valence-corrected chi connectivity index (χ3v) is 11.1. The van der Waals surface area contributed by atoms with Gasteiger partial charge < -0.3 is 24.4 Å². The maximum Gasteiger partial charge on any atom is 0.413 e. The molecule has 1 saturated heterocycles. The first-order chi connectivity index (χ1) is 16.8. The lowest BCUT2D eigenvalue weighted by Gasteiger charge is -2.62. The summed E-state index contributed by atoms with van der Waals surface area (Å²) < 4.78 is 17.6. The first-order valence-electron chi connectivity index (χ1n) is 14.1. The van der Waals surface area contributed by atoms with Crippen LogP contribution in [0.1, 0.15) is 79.6 Å². The van der Waals surface area contributed by atoms with Crippen LogP contribution >= 0.6 is 0 Å². The number of carbonyl (C=O) groups excluding carboxylic acids is 1. The van der Waals surface area contributed by atoms with Crippen LogP contribution in [0.4, 0.5) is 4.79 Å². The number of ether oxygens (including phenoxy) is 3. The van der Waals surface area contributed by atoms with Crippen molar-refractivity contribution in [1.29, 1.82) is 0 Å². The van der Waals surface area contributed by atoms with Crippen LogP contribution in [0.2, 0.25) is 0 Å². The molecule has 0 aromatic carbocycles. The van der Waals surface area contributed by atoms with Crippen molar-refractivity contribution in [3.63, 3.8) is 0 Å². The molecule has 36 heavy (non-hydrogen) atoms. The largest absolute Gasteiger partial charge is 0.446 e. The molecule has 0 aromatic heterocycles. The summed E-state index contributed by atoms with van der Waals surface area (Å²) in [6.07, 6.45) is 8.97. The predicted octanol–water partition coefficient (Wildman–Crippen LogP) is 4.71. The van der Waals surface area contributed by atoms with Crippen molar-refractivity contribution in [2.75, 3.05) is 20.3 Å². The highest BCUT2D eigenvalue weighted by molar-refractivity contribution is 5.67. The van der Waals surface area contributed by atoms with E-state index in [1.807, 2.05) is 13.0 Å². The van der Waals surface area contributed by atoms with Crippen molar-refractivity contribution >= 4 is 6.09 Å². The second-order valence-corrected chi connectivity index (χ2v) is 13.8. The molecular formula is C29H47NO6. The second-order valence-electron chi connectivity index (χ2n) is 13.8. The average Bonchev–Trinajstić information content (AvgIpc) is 3.17. The molecule has 0 radical (unpaired) electrons. The molecule has 0 aromatic rings. The van der Waals surface area contributed by atoms with Gasteiger partial charge in [0.25, 0.3) is 0 Å². The van der Waals surface area contributed by atoms with E-state index in [1.165, 1.54) is 4.90 Å². The number of hydrogen-bond donors (Lipinski definition) is 2. The number of allylic oxidation sites excluding steroid dienone is 1. The Morgan fingerprint density at radius 2 is 1.75 bits per heavy atom. The van der Waals surface area contributed by atoms with Gasteiger partial charge in [-0.1, -0.05) is 39.8 Å². The van der Waals surface area contributed by atoms with Gasteiger partial charge in [-0.05, 0) is 75.0 Å². The molecule has 4 aliphatic carbocycles. The molecule has 1 aliphatic heterocycles. The number of hydrogen-bond acceptors (Lipinski definition) is 6. The maximum atomic E-state index is 13.0. The van der Waals surface area contributed by atoms with Gasteiger partial charge in [-0.2, -0.15) is 0 Å². The predicted molar refractivity (Wildman–Crippen MR) is 136 cm³/mol. The lowest BCUT2D eigenvalue weighted by molar-refractivity contribution is -0.270. The van der Waals surface area contributed by atoms with Gasteiger partial charge >= 0.3 is 6.09 Å². The number of fused-ring (bicyclic) bond motifs is 5. The number of carbonyl (C=O) groups is 1. The van der Waals surface area contributed by atoms with E-state index >= 15 is 0 Å². The van der Waals surface area contributed by atoms with Gasteiger partial charge in [0.2, 0.25) is 6.41 Å². The second kappa shape index (κ2) is 8.96. The highest BCUT2D eigenvalue weighted by Gasteiger charge is 2.65. The molecule has 204 valence electrons. The number of aliphatic hydroxyl groups excluding tert-OH is 1. The lowest BCUT2D eigenvalue weighted by Crippen LogP contribution is -2.64. The number of rotatable bonds is 3. The van der Waals surface area contributed by atoms with Crippen molar-refractivity contribution in [1.82, 2.24) is 4.90 Å². The zero-order valence-corrected chi connectivity index (χ0v) is 23.0. The third-order valence-electron chi connectivity index (χ3n) is 11.1. The van der Waals surface area contributed by atoms with Crippen LogP contribution in [-0.4, -0.2) is 65.7 Å². The Kier molecular flexibility index (Phi) is 6.58. The van der Waals surface area contributed by atoms with E-state index in [1.54, 1.807) is 7.05 Å². The van der Waals surface area contributed by atoms with E-state index in [9.17, 15) is 15.0 Å². The zero-order chi connectivity index (χ0) is 26.1. The molecular weight excluding hydrogens is 458 g/mol. The smallest absolute Gasteiger partial charge is 0.413 e. The van der Waals surface area contributed by atoms with E-state index in [4.69, 9.17) is 14.2 Å². The molecule has 7 nitrogen and oxygen atoms in total. The van der Waals surface area contributed by atoms with Gasteiger partial charge in [0.05, 0.1) is 24.9 Å². The fourth-order valence-corrected chi connectivity index (χ4v) is 8.82. The van der Waals surface area contributed by atoms with Crippen molar-refractivity contribution < 1.29 is 29.2 Å². The third kappa shape index (κ3) is 3.95. The topological polar surface area (TPSA) is 88.5 Å². The first-order valence-corrected chi connectivity index (χ1v) is 14.1. The van der Waals surface area contributed by atoms with Gasteiger partial charge in [0.1, 0.15) is 6.10 Å². The number of aliphatic hydroxyl groups is 2. The van der Waals surface area contributed by atoms with Gasteiger partial charge in [-0.3, -0.25) is 4.90 Å². The molecule has 0 spiro atoms. The van der Waals surface area contributed by atoms with E-state index in [-0.39, 0.29) is 28.8 Å². The molecule has 4 fully saturated rings. The Bertz CT molecular complexity index is 881. The van der Waals surface area contributed by atoms with Crippen molar-refractivity contribution in [2.45, 2.75) is 104 Å². The maximum absolute atomic E-state index is 13.0. The van der Waals surface area contributed by atoms with Crippen molar-refractivity contribution in [2.24, 2.45) is 39.9 Å². The molecule has 5 rings (SSSR count). The highest BCUT2D eigenvalue weighted by atomic mass is 16.7. The Labute approximate surface area is 216 Å². The SMILES string of the molecule is CC(OC(=O)N(C)C1OCC(C)(C)CO1)[C@H]1CC[C@H]2[C@@H]3C=CC4(O)CCCC(O)[C@]4(C)[C@H]3CC[C@]12C. The summed E-state index contributed by atoms with van der Waals surface area (Å²) in [7, 11) is 1.67. The molecule has 3 saturated carbocycles. The fourth-order valence-electron chi connectivity index (χ4n) is 8.82. The summed E-state index contributed by atoms with van der Waals surface area (Å²) in [6, 6.07) is 0. The Morgan fingerprint density at radius 3 is 2.44 bits per heavy atom. The zero-order valence-electron chi connectivity index (χ0n) is 23.0. The monoisotopic (exact) mass is 505 g/mol. The Hall–Kier alpha value is -1.15. The lowest BCUT2D eigenvalue weighted by atomic mass is 9.44. The molecule has 0 bridgehead atoms. The van der Waals surface area contributed by atoms with Gasteiger partial charge in [0.15, 0.2) is 0 Å². The summed E-state index contributed by atoms with van der Waals surface area (Å²) in [5, 5.41) is 22.7. The highest BCUT2D eigenvalue weighted by Crippen LogP contribution is 2.67. The Morgan fingerprint density at radius 1 is 1.06 bits per heavy atom. The van der Waals surface area contributed by atoms with Crippen LogP contribution < -0.4 is 0 Å². The minimum atomic E-state index is -0.913. The van der Waals surface area contributed by atoms with Crippen LogP contribution in [0, 0.1) is 39.9 Å². The Balaban J connectivity index is 1.28. The standard InChI is InChI=1S/C29H47NO6/c1-18(36-24(32)30(6)25-34-16-26(2,3)17-35-25)20-9-10-21-19-11-15-29(33)13-7-8-23(31)28(29,5)22(19)12-14-27(20,21)4/h11,15,18-23,25,31,33H,7-10,12-14,16-17H2,1-6H3/t18?,19-,20+,21-,22-,23?,27+,28-,29?/m0/s1. The van der Waals surface area contributed by atoms with E-state index < -0.39 is 29.6 Å². The molecule has 1 amide bonds. The van der Waals surface area contributed by atoms with Crippen molar-refractivity contribution in [3.8, 4) is 0 Å². The van der Waals surface area contributed by atoms with E-state index in [0.29, 0.717) is 25.0 Å². The van der Waals surface area contributed by atoms with Gasteiger partial charge in [-0.25, -0.2) is 4.79 Å². The van der Waals surface area contributed by atoms with Gasteiger partial charge in [-0.15, -0.1) is 0 Å². The minimum absolute atomic E-state index is 0.0527. The quantitative estimate of drug-likeness (QED) is 0.540. The molecule has 3 unspecified atom stereocenters. The molecule has 9 atom stereocenters. The molecule has 1 heterocycles. The summed E-state index contributed by atoms with van der Waals surface area (Å²) in [5.74, 6) is 1.34. The summed E-state index contributed by atoms with van der Waals surface area (Å²) in [5.41, 5.74) is -1.42. The summed E-state index contributed by atoms with van der Waals surface area (Å²) in [4.78, 5) is 14.4. The first kappa shape index (κ1) is 26.5. The van der Waals surface area contributed by atoms with E-state index in [0.717, 1.165) is 44.9 Å². The normalized spacial score (nSPS) is 46.8.